The second kappa shape index (κ2) is 50.9. The van der Waals surface area contributed by atoms with E-state index in [1.54, 1.807) is 0 Å². The third-order valence-corrected chi connectivity index (χ3v) is 9.67. The maximum absolute atomic E-state index is 12.7. The van der Waals surface area contributed by atoms with Crippen LogP contribution in [0.1, 0.15) is 181 Å². The molecule has 0 saturated heterocycles. The van der Waals surface area contributed by atoms with Crippen molar-refractivity contribution in [3.63, 3.8) is 0 Å². The molecule has 0 aromatic heterocycles. The van der Waals surface area contributed by atoms with Gasteiger partial charge in [0.2, 0.25) is 0 Å². The summed E-state index contributed by atoms with van der Waals surface area (Å²) < 4.78 is 16.6. The molecular formula is C58H88O6. The van der Waals surface area contributed by atoms with Gasteiger partial charge in [0.15, 0.2) is 6.10 Å². The van der Waals surface area contributed by atoms with Crippen LogP contribution in [0.25, 0.3) is 0 Å². The molecule has 0 rings (SSSR count). The Bertz CT molecular complexity index is 1480. The molecule has 0 amide bonds. The Morgan fingerprint density at radius 3 is 1.19 bits per heavy atom. The fourth-order valence-corrected chi connectivity index (χ4v) is 5.99. The number of carbonyl (C=O) groups excluding carboxylic acids is 3. The largest absolute Gasteiger partial charge is 0.462 e. The van der Waals surface area contributed by atoms with Crippen LogP contribution in [-0.4, -0.2) is 37.2 Å². The Labute approximate surface area is 391 Å². The number of esters is 3. The van der Waals surface area contributed by atoms with Crippen LogP contribution in [0.4, 0.5) is 0 Å². The minimum absolute atomic E-state index is 0.139. The Kier molecular flexibility index (Phi) is 47.2. The molecule has 0 saturated carbocycles. The van der Waals surface area contributed by atoms with Crippen LogP contribution in [-0.2, 0) is 28.6 Å². The van der Waals surface area contributed by atoms with E-state index in [0.29, 0.717) is 19.3 Å². The number of allylic oxidation sites excluding steroid dienone is 24. The van der Waals surface area contributed by atoms with Gasteiger partial charge in [-0.15, -0.1) is 0 Å². The Balaban J connectivity index is 4.62. The van der Waals surface area contributed by atoms with E-state index in [-0.39, 0.29) is 38.0 Å². The van der Waals surface area contributed by atoms with Crippen LogP contribution in [0, 0.1) is 0 Å². The van der Waals surface area contributed by atoms with Crippen molar-refractivity contribution < 1.29 is 28.6 Å². The highest BCUT2D eigenvalue weighted by Gasteiger charge is 2.19. The van der Waals surface area contributed by atoms with Crippen molar-refractivity contribution in [2.45, 2.75) is 187 Å². The van der Waals surface area contributed by atoms with E-state index in [4.69, 9.17) is 14.2 Å². The average molecular weight is 881 g/mol. The molecule has 0 fully saturated rings. The second-order valence-electron chi connectivity index (χ2n) is 15.7. The summed E-state index contributed by atoms with van der Waals surface area (Å²) in [6.45, 7) is 6.21. The van der Waals surface area contributed by atoms with Crippen LogP contribution in [0.3, 0.4) is 0 Å². The van der Waals surface area contributed by atoms with Crippen LogP contribution < -0.4 is 0 Å². The lowest BCUT2D eigenvalue weighted by molar-refractivity contribution is -0.166. The van der Waals surface area contributed by atoms with Crippen molar-refractivity contribution in [2.24, 2.45) is 0 Å². The molecule has 6 nitrogen and oxygen atoms in total. The summed E-state index contributed by atoms with van der Waals surface area (Å²) in [5, 5.41) is 0. The standard InChI is InChI=1S/C58H88O6/c1-4-7-10-13-16-19-22-25-27-29-30-32-33-36-39-42-45-48-51-57(60)63-54-55(53-62-56(59)50-47-44-41-38-35-24-21-18-15-12-9-6-3)64-58(61)52-49-46-43-40-37-34-31-28-26-23-20-17-14-11-8-5-2/h8-9,11-12,16-22,25-30,32,34-35,37-38,43,46,55H,4-7,10,13-15,23-24,31,33,36,39-42,44-45,47-54H2,1-3H3/b11-8-,12-9-,19-16-,20-17-,21-18-,25-22-,28-26-,29-27-,32-30-,37-34-,38-35-,46-43-. The Hall–Kier alpha value is -4.71. The van der Waals surface area contributed by atoms with Crippen molar-refractivity contribution in [1.29, 1.82) is 0 Å². The van der Waals surface area contributed by atoms with Crippen molar-refractivity contribution >= 4 is 17.9 Å². The first-order chi connectivity index (χ1) is 31.5. The number of unbranched alkanes of at least 4 members (excludes halogenated alkanes) is 10. The monoisotopic (exact) mass is 881 g/mol. The Morgan fingerprint density at radius 2 is 0.703 bits per heavy atom. The molecule has 64 heavy (non-hydrogen) atoms. The van der Waals surface area contributed by atoms with Crippen LogP contribution in [0.5, 0.6) is 0 Å². The molecule has 0 N–H and O–H groups in total. The number of ether oxygens (including phenoxy) is 3. The van der Waals surface area contributed by atoms with Gasteiger partial charge in [0.1, 0.15) is 13.2 Å². The lowest BCUT2D eigenvalue weighted by atomic mass is 10.1. The quantitative estimate of drug-likeness (QED) is 0.0200. The summed E-state index contributed by atoms with van der Waals surface area (Å²) in [6, 6.07) is 0. The van der Waals surface area contributed by atoms with E-state index >= 15 is 0 Å². The van der Waals surface area contributed by atoms with Crippen LogP contribution in [0.2, 0.25) is 0 Å². The molecule has 0 aliphatic carbocycles. The first-order valence-electron chi connectivity index (χ1n) is 24.9. The molecule has 0 spiro atoms. The van der Waals surface area contributed by atoms with Gasteiger partial charge in [0.05, 0.1) is 0 Å². The fourth-order valence-electron chi connectivity index (χ4n) is 5.99. The summed E-state index contributed by atoms with van der Waals surface area (Å²) in [6.07, 6.45) is 72.7. The summed E-state index contributed by atoms with van der Waals surface area (Å²) >= 11 is 0. The summed E-state index contributed by atoms with van der Waals surface area (Å²) in [5.41, 5.74) is 0. The molecule has 0 bridgehead atoms. The van der Waals surface area contributed by atoms with Gasteiger partial charge in [0, 0.05) is 19.3 Å². The van der Waals surface area contributed by atoms with Gasteiger partial charge in [-0.05, 0) is 109 Å². The molecule has 356 valence electrons. The third-order valence-electron chi connectivity index (χ3n) is 9.67. The SMILES string of the molecule is CC/C=C\C/C=C\C/C=C\C/C=C\C/C=C\CCC(=O)OC(COC(=O)CCCC/C=C\C/C=C\C/C=C\CC)COC(=O)CCCCCCC\C=C/C=C\C=C/C=C\CCCCC. The minimum atomic E-state index is -0.849. The number of hydrogen-bond donors (Lipinski definition) is 0. The maximum Gasteiger partial charge on any atom is 0.306 e. The van der Waals surface area contributed by atoms with Crippen molar-refractivity contribution in [2.75, 3.05) is 13.2 Å². The van der Waals surface area contributed by atoms with Gasteiger partial charge >= 0.3 is 17.9 Å². The van der Waals surface area contributed by atoms with Crippen LogP contribution in [0.15, 0.2) is 146 Å². The third kappa shape index (κ3) is 48.3. The van der Waals surface area contributed by atoms with Crippen molar-refractivity contribution in [3.8, 4) is 0 Å². The summed E-state index contributed by atoms with van der Waals surface area (Å²) in [7, 11) is 0. The van der Waals surface area contributed by atoms with E-state index in [1.165, 1.54) is 19.3 Å². The van der Waals surface area contributed by atoms with Gasteiger partial charge in [0.25, 0.3) is 0 Å². The number of hydrogen-bond acceptors (Lipinski definition) is 6. The number of rotatable bonds is 42. The van der Waals surface area contributed by atoms with Crippen LogP contribution >= 0.6 is 0 Å². The van der Waals surface area contributed by atoms with Gasteiger partial charge in [-0.25, -0.2) is 0 Å². The molecule has 0 aliphatic heterocycles. The predicted octanol–water partition coefficient (Wildman–Crippen LogP) is 16.5. The van der Waals surface area contributed by atoms with Gasteiger partial charge in [-0.1, -0.05) is 199 Å². The van der Waals surface area contributed by atoms with E-state index in [1.807, 2.05) is 12.2 Å². The van der Waals surface area contributed by atoms with Gasteiger partial charge < -0.3 is 14.2 Å². The molecule has 1 unspecified atom stereocenters. The average Bonchev–Trinajstić information content (AvgIpc) is 3.29. The van der Waals surface area contributed by atoms with Gasteiger partial charge in [-0.3, -0.25) is 14.4 Å². The predicted molar refractivity (Wildman–Crippen MR) is 274 cm³/mol. The highest BCUT2D eigenvalue weighted by molar-refractivity contribution is 5.71. The minimum Gasteiger partial charge on any atom is -0.462 e. The zero-order valence-corrected chi connectivity index (χ0v) is 40.5. The molecule has 0 aromatic carbocycles. The van der Waals surface area contributed by atoms with Gasteiger partial charge in [-0.2, -0.15) is 0 Å². The summed E-state index contributed by atoms with van der Waals surface area (Å²) in [4.78, 5) is 37.9. The lowest BCUT2D eigenvalue weighted by Gasteiger charge is -2.18. The highest BCUT2D eigenvalue weighted by atomic mass is 16.6. The highest BCUT2D eigenvalue weighted by Crippen LogP contribution is 2.11. The fraction of sp³-hybridized carbons (Fsp3) is 0.534. The normalized spacial score (nSPS) is 13.4. The van der Waals surface area contributed by atoms with E-state index in [9.17, 15) is 14.4 Å². The maximum atomic E-state index is 12.7. The first kappa shape index (κ1) is 59.3. The van der Waals surface area contributed by atoms with Crippen molar-refractivity contribution in [1.82, 2.24) is 0 Å². The van der Waals surface area contributed by atoms with E-state index in [2.05, 4.69) is 154 Å². The van der Waals surface area contributed by atoms with E-state index in [0.717, 1.165) is 109 Å². The smallest absolute Gasteiger partial charge is 0.306 e. The molecule has 0 aliphatic rings. The Morgan fingerprint density at radius 1 is 0.344 bits per heavy atom. The zero-order chi connectivity index (χ0) is 46.5. The number of carbonyl (C=O) groups is 3. The molecule has 0 heterocycles. The molecular weight excluding hydrogens is 793 g/mol. The first-order valence-corrected chi connectivity index (χ1v) is 24.9. The molecule has 6 heteroatoms. The summed E-state index contributed by atoms with van der Waals surface area (Å²) in [5.74, 6) is -1.10. The second-order valence-corrected chi connectivity index (χ2v) is 15.7. The molecule has 1 atom stereocenters. The lowest BCUT2D eigenvalue weighted by Crippen LogP contribution is -2.30. The zero-order valence-electron chi connectivity index (χ0n) is 40.5. The molecule has 0 radical (unpaired) electrons. The van der Waals surface area contributed by atoms with E-state index < -0.39 is 12.1 Å². The van der Waals surface area contributed by atoms with Crippen molar-refractivity contribution in [3.05, 3.63) is 146 Å². The molecule has 0 aromatic rings. The topological polar surface area (TPSA) is 78.9 Å².